The lowest BCUT2D eigenvalue weighted by atomic mass is 10.0. The minimum absolute atomic E-state index is 0.0265. The van der Waals surface area contributed by atoms with Gasteiger partial charge in [-0.1, -0.05) is 6.92 Å². The molecular weight excluding hydrogens is 242 g/mol. The minimum Gasteiger partial charge on any atom is -0.378 e. The molecule has 5 nitrogen and oxygen atoms in total. The topological polar surface area (TPSA) is 78.6 Å². The predicted molar refractivity (Wildman–Crippen MR) is 66.1 cm³/mol. The van der Waals surface area contributed by atoms with Gasteiger partial charge in [-0.3, -0.25) is 0 Å². The Kier molecular flexibility index (Phi) is 5.37. The average molecular weight is 265 g/mol. The van der Waals surface area contributed by atoms with Gasteiger partial charge in [0.15, 0.2) is 0 Å². The van der Waals surface area contributed by atoms with Crippen LogP contribution in [0.15, 0.2) is 0 Å². The summed E-state index contributed by atoms with van der Waals surface area (Å²) in [6.07, 6.45) is 2.31. The molecule has 0 amide bonds. The standard InChI is InChI=1S/C11H23NO4S/c1-8(7-17(12,13)14)6-15-11-4-9(2)16-10(3)5-11/h8-11H,4-7H2,1-3H3,(H2,12,13,14). The summed E-state index contributed by atoms with van der Waals surface area (Å²) < 4.78 is 33.1. The van der Waals surface area contributed by atoms with Gasteiger partial charge < -0.3 is 9.47 Å². The Morgan fingerprint density at radius 3 is 2.35 bits per heavy atom. The molecule has 0 bridgehead atoms. The van der Waals surface area contributed by atoms with Crippen molar-refractivity contribution < 1.29 is 17.9 Å². The first kappa shape index (κ1) is 14.9. The molecule has 102 valence electrons. The summed E-state index contributed by atoms with van der Waals surface area (Å²) in [6.45, 7) is 6.32. The van der Waals surface area contributed by atoms with Crippen LogP contribution < -0.4 is 5.14 Å². The van der Waals surface area contributed by atoms with E-state index in [1.54, 1.807) is 0 Å². The lowest BCUT2D eigenvalue weighted by Gasteiger charge is -2.32. The van der Waals surface area contributed by atoms with E-state index in [4.69, 9.17) is 14.6 Å². The first-order chi connectivity index (χ1) is 7.76. The molecule has 0 spiro atoms. The van der Waals surface area contributed by atoms with Gasteiger partial charge in [0.05, 0.1) is 30.7 Å². The predicted octanol–water partition coefficient (Wildman–Crippen LogP) is 0.884. The molecule has 0 aromatic heterocycles. The minimum atomic E-state index is -3.40. The number of ether oxygens (including phenoxy) is 2. The van der Waals surface area contributed by atoms with Gasteiger partial charge in [0.2, 0.25) is 10.0 Å². The maximum absolute atomic E-state index is 10.9. The van der Waals surface area contributed by atoms with Crippen molar-refractivity contribution in [3.8, 4) is 0 Å². The van der Waals surface area contributed by atoms with Gasteiger partial charge >= 0.3 is 0 Å². The largest absolute Gasteiger partial charge is 0.378 e. The van der Waals surface area contributed by atoms with Gasteiger partial charge in [-0.25, -0.2) is 13.6 Å². The molecule has 0 aliphatic carbocycles. The molecule has 1 rings (SSSR count). The number of sulfonamides is 1. The van der Waals surface area contributed by atoms with Crippen molar-refractivity contribution in [3.63, 3.8) is 0 Å². The first-order valence-electron chi connectivity index (χ1n) is 6.04. The molecule has 1 aliphatic heterocycles. The third-order valence-electron chi connectivity index (χ3n) is 2.79. The second-order valence-corrected chi connectivity index (χ2v) is 6.78. The Labute approximate surface area is 104 Å². The van der Waals surface area contributed by atoms with Gasteiger partial charge in [-0.05, 0) is 32.6 Å². The molecule has 3 atom stereocenters. The van der Waals surface area contributed by atoms with Crippen molar-refractivity contribution in [2.24, 2.45) is 11.1 Å². The quantitative estimate of drug-likeness (QED) is 0.800. The molecule has 0 radical (unpaired) electrons. The fourth-order valence-electron chi connectivity index (χ4n) is 2.23. The lowest BCUT2D eigenvalue weighted by molar-refractivity contribution is -0.105. The highest BCUT2D eigenvalue weighted by Crippen LogP contribution is 2.22. The van der Waals surface area contributed by atoms with Crippen LogP contribution in [0.1, 0.15) is 33.6 Å². The normalized spacial score (nSPS) is 32.4. The summed E-state index contributed by atoms with van der Waals surface area (Å²) >= 11 is 0. The maximum atomic E-state index is 10.9. The van der Waals surface area contributed by atoms with E-state index in [2.05, 4.69) is 0 Å². The Bertz CT molecular complexity index is 320. The highest BCUT2D eigenvalue weighted by atomic mass is 32.2. The maximum Gasteiger partial charge on any atom is 0.209 e. The van der Waals surface area contributed by atoms with Crippen LogP contribution in [0, 0.1) is 5.92 Å². The van der Waals surface area contributed by atoms with Gasteiger partial charge in [0, 0.05) is 0 Å². The summed E-state index contributed by atoms with van der Waals surface area (Å²) in [7, 11) is -3.40. The van der Waals surface area contributed by atoms with E-state index in [9.17, 15) is 8.42 Å². The molecular formula is C11H23NO4S. The van der Waals surface area contributed by atoms with E-state index in [0.29, 0.717) is 6.61 Å². The van der Waals surface area contributed by atoms with Crippen LogP contribution in [0.25, 0.3) is 0 Å². The van der Waals surface area contributed by atoms with Crippen molar-refractivity contribution in [2.45, 2.75) is 51.9 Å². The summed E-state index contributed by atoms with van der Waals surface area (Å²) in [5.74, 6) is -0.0973. The number of rotatable bonds is 5. The second kappa shape index (κ2) is 6.13. The van der Waals surface area contributed by atoms with Gasteiger partial charge in [-0.15, -0.1) is 0 Å². The summed E-state index contributed by atoms with van der Waals surface area (Å²) in [6, 6.07) is 0. The van der Waals surface area contributed by atoms with Crippen LogP contribution in [0.2, 0.25) is 0 Å². The van der Waals surface area contributed by atoms with E-state index in [1.807, 2.05) is 20.8 Å². The molecule has 1 aliphatic rings. The van der Waals surface area contributed by atoms with Gasteiger partial charge in [0.1, 0.15) is 0 Å². The van der Waals surface area contributed by atoms with Crippen molar-refractivity contribution in [3.05, 3.63) is 0 Å². The number of nitrogens with two attached hydrogens (primary N) is 1. The van der Waals surface area contributed by atoms with Crippen LogP contribution in [-0.4, -0.2) is 39.1 Å². The molecule has 1 saturated heterocycles. The van der Waals surface area contributed by atoms with Gasteiger partial charge in [-0.2, -0.15) is 0 Å². The van der Waals surface area contributed by atoms with Crippen molar-refractivity contribution in [1.29, 1.82) is 0 Å². The van der Waals surface area contributed by atoms with Crippen molar-refractivity contribution >= 4 is 10.0 Å². The second-order valence-electron chi connectivity index (χ2n) is 5.12. The number of hydrogen-bond acceptors (Lipinski definition) is 4. The van der Waals surface area contributed by atoms with E-state index in [0.717, 1.165) is 12.8 Å². The van der Waals surface area contributed by atoms with E-state index < -0.39 is 10.0 Å². The van der Waals surface area contributed by atoms with Crippen LogP contribution >= 0.6 is 0 Å². The zero-order chi connectivity index (χ0) is 13.1. The molecule has 17 heavy (non-hydrogen) atoms. The van der Waals surface area contributed by atoms with E-state index in [1.165, 1.54) is 0 Å². The van der Waals surface area contributed by atoms with Crippen molar-refractivity contribution in [2.75, 3.05) is 12.4 Å². The Hall–Kier alpha value is -0.170. The SMILES string of the molecule is CC(COC1CC(C)OC(C)C1)CS(N)(=O)=O. The van der Waals surface area contributed by atoms with E-state index >= 15 is 0 Å². The highest BCUT2D eigenvalue weighted by Gasteiger charge is 2.25. The van der Waals surface area contributed by atoms with Crippen LogP contribution in [0.3, 0.4) is 0 Å². The summed E-state index contributed by atoms with van der Waals surface area (Å²) in [5, 5.41) is 4.99. The summed E-state index contributed by atoms with van der Waals surface area (Å²) in [4.78, 5) is 0. The number of primary sulfonamides is 1. The molecule has 0 aromatic rings. The molecule has 3 unspecified atom stereocenters. The zero-order valence-electron chi connectivity index (χ0n) is 10.8. The average Bonchev–Trinajstić information content (AvgIpc) is 2.10. The molecule has 0 aromatic carbocycles. The molecule has 1 heterocycles. The molecule has 1 fully saturated rings. The lowest BCUT2D eigenvalue weighted by Crippen LogP contribution is -2.35. The third-order valence-corrected chi connectivity index (χ3v) is 3.82. The van der Waals surface area contributed by atoms with Gasteiger partial charge in [0.25, 0.3) is 0 Å². The van der Waals surface area contributed by atoms with Crippen LogP contribution in [0.4, 0.5) is 0 Å². The monoisotopic (exact) mass is 265 g/mol. The third kappa shape index (κ3) is 6.35. The molecule has 2 N–H and O–H groups in total. The first-order valence-corrected chi connectivity index (χ1v) is 7.75. The Morgan fingerprint density at radius 1 is 1.35 bits per heavy atom. The number of hydrogen-bond donors (Lipinski definition) is 1. The van der Waals surface area contributed by atoms with Crippen LogP contribution in [0.5, 0.6) is 0 Å². The fraction of sp³-hybridized carbons (Fsp3) is 1.00. The highest BCUT2D eigenvalue weighted by molar-refractivity contribution is 7.89. The summed E-state index contributed by atoms with van der Waals surface area (Å²) in [5.41, 5.74) is 0. The Morgan fingerprint density at radius 2 is 1.88 bits per heavy atom. The van der Waals surface area contributed by atoms with E-state index in [-0.39, 0.29) is 30.0 Å². The van der Waals surface area contributed by atoms with Crippen molar-refractivity contribution in [1.82, 2.24) is 0 Å². The molecule has 0 saturated carbocycles. The smallest absolute Gasteiger partial charge is 0.209 e. The zero-order valence-corrected chi connectivity index (χ0v) is 11.6. The Balaban J connectivity index is 2.30. The molecule has 6 heteroatoms. The fourth-order valence-corrected chi connectivity index (χ4v) is 3.11. The van der Waals surface area contributed by atoms with Crippen LogP contribution in [-0.2, 0) is 19.5 Å².